The summed E-state index contributed by atoms with van der Waals surface area (Å²) in [5, 5.41) is 5.19. The summed E-state index contributed by atoms with van der Waals surface area (Å²) in [6.45, 7) is 2.12. The molecule has 4 atom stereocenters. The minimum atomic E-state index is -0.658. The highest BCUT2D eigenvalue weighted by atomic mass is 16.6. The van der Waals surface area contributed by atoms with Crippen LogP contribution >= 0.6 is 0 Å². The van der Waals surface area contributed by atoms with E-state index >= 15 is 0 Å². The zero-order chi connectivity index (χ0) is 27.0. The van der Waals surface area contributed by atoms with Crippen LogP contribution in [0.15, 0.2) is 47.6 Å². The number of fused-ring (bicyclic) bond motifs is 5. The van der Waals surface area contributed by atoms with Crippen LogP contribution in [0, 0.1) is 23.7 Å². The van der Waals surface area contributed by atoms with E-state index in [4.69, 9.17) is 23.7 Å². The van der Waals surface area contributed by atoms with E-state index in [-0.39, 0.29) is 46.8 Å². The lowest BCUT2D eigenvalue weighted by Gasteiger charge is -2.15. The smallest absolute Gasteiger partial charge is 0.343 e. The predicted octanol–water partition coefficient (Wildman–Crippen LogP) is 3.47. The molecule has 10 nitrogen and oxygen atoms in total. The number of carbonyl (C=O) groups is 3. The lowest BCUT2D eigenvalue weighted by molar-refractivity contribution is -0.140. The number of esters is 1. The molecule has 1 heterocycles. The van der Waals surface area contributed by atoms with E-state index in [1.54, 1.807) is 25.1 Å². The van der Waals surface area contributed by atoms with Gasteiger partial charge in [0.1, 0.15) is 0 Å². The summed E-state index contributed by atoms with van der Waals surface area (Å²) < 4.78 is 27.2. The molecule has 198 valence electrons. The SMILES string of the molecule is CCOc1cc(C=NN2C(=O)[C@@H]3[C@H](C2=O)[C@H]2C=C[C@H]3C2)ccc1OC(=O)c1cc(OC)c(OC)c(OC)c1. The molecule has 0 unspecified atom stereocenters. The molecule has 2 amide bonds. The zero-order valence-electron chi connectivity index (χ0n) is 21.5. The highest BCUT2D eigenvalue weighted by Gasteiger charge is 2.59. The highest BCUT2D eigenvalue weighted by Crippen LogP contribution is 2.52. The molecule has 0 N–H and O–H groups in total. The standard InChI is InChI=1S/C28H28N2O8/c1-5-37-20-10-15(14-29-30-26(31)23-16-7-8-17(11-16)24(23)27(30)32)6-9-19(20)38-28(33)18-12-21(34-2)25(36-4)22(13-18)35-3/h6-10,12-14,16-17,23-24H,5,11H2,1-4H3/t16-,17-,23-,24+/m0/s1. The summed E-state index contributed by atoms with van der Waals surface area (Å²) in [5.74, 6) is -0.0920. The summed E-state index contributed by atoms with van der Waals surface area (Å²) in [6, 6.07) is 7.83. The number of hydrogen-bond donors (Lipinski definition) is 0. The summed E-state index contributed by atoms with van der Waals surface area (Å²) >= 11 is 0. The Morgan fingerprint density at radius 2 is 1.55 bits per heavy atom. The Balaban J connectivity index is 1.35. The van der Waals surface area contributed by atoms with E-state index in [1.807, 2.05) is 12.2 Å². The van der Waals surface area contributed by atoms with Crippen molar-refractivity contribution in [3.05, 3.63) is 53.6 Å². The Bertz CT molecular complexity index is 1300. The van der Waals surface area contributed by atoms with Gasteiger partial charge in [0.05, 0.1) is 51.6 Å². The van der Waals surface area contributed by atoms with Crippen LogP contribution in [0.4, 0.5) is 0 Å². The maximum atomic E-state index is 13.0. The second-order valence-electron chi connectivity index (χ2n) is 9.18. The van der Waals surface area contributed by atoms with Crippen molar-refractivity contribution < 1.29 is 38.1 Å². The molecule has 2 aromatic carbocycles. The van der Waals surface area contributed by atoms with Gasteiger partial charge in [-0.05, 0) is 61.1 Å². The van der Waals surface area contributed by atoms with Gasteiger partial charge in [-0.2, -0.15) is 10.1 Å². The van der Waals surface area contributed by atoms with Crippen LogP contribution < -0.4 is 23.7 Å². The first-order chi connectivity index (χ1) is 18.4. The quantitative estimate of drug-likeness (QED) is 0.162. The van der Waals surface area contributed by atoms with Crippen molar-refractivity contribution in [2.45, 2.75) is 13.3 Å². The van der Waals surface area contributed by atoms with Crippen LogP contribution in [0.3, 0.4) is 0 Å². The largest absolute Gasteiger partial charge is 0.493 e. The predicted molar refractivity (Wildman–Crippen MR) is 136 cm³/mol. The monoisotopic (exact) mass is 520 g/mol. The van der Waals surface area contributed by atoms with Crippen molar-refractivity contribution >= 4 is 24.0 Å². The first-order valence-corrected chi connectivity index (χ1v) is 12.3. The molecular formula is C28H28N2O8. The molecule has 2 aromatic rings. The summed E-state index contributed by atoms with van der Waals surface area (Å²) in [4.78, 5) is 38.7. The number of ether oxygens (including phenoxy) is 5. The van der Waals surface area contributed by atoms with E-state index in [9.17, 15) is 14.4 Å². The number of allylic oxidation sites excluding steroid dienone is 2. The van der Waals surface area contributed by atoms with Gasteiger partial charge in [-0.25, -0.2) is 4.79 Å². The van der Waals surface area contributed by atoms with Gasteiger partial charge in [-0.3, -0.25) is 9.59 Å². The third-order valence-electron chi connectivity index (χ3n) is 7.14. The van der Waals surface area contributed by atoms with Gasteiger partial charge in [-0.1, -0.05) is 12.2 Å². The number of benzene rings is 2. The lowest BCUT2D eigenvalue weighted by Crippen LogP contribution is -2.28. The topological polar surface area (TPSA) is 113 Å². The molecular weight excluding hydrogens is 492 g/mol. The average molecular weight is 521 g/mol. The van der Waals surface area contributed by atoms with Gasteiger partial charge in [0, 0.05) is 0 Å². The Kier molecular flexibility index (Phi) is 6.79. The van der Waals surface area contributed by atoms with Gasteiger partial charge in [0.15, 0.2) is 23.0 Å². The summed E-state index contributed by atoms with van der Waals surface area (Å²) in [6.07, 6.45) is 6.37. The number of hydrogen-bond acceptors (Lipinski definition) is 9. The molecule has 10 heteroatoms. The number of imide groups is 1. The molecule has 2 fully saturated rings. The zero-order valence-corrected chi connectivity index (χ0v) is 21.5. The third-order valence-corrected chi connectivity index (χ3v) is 7.14. The third kappa shape index (κ3) is 4.25. The first kappa shape index (κ1) is 25.3. The Labute approximate surface area is 219 Å². The molecule has 1 saturated heterocycles. The number of amides is 2. The molecule has 0 spiro atoms. The molecule has 5 rings (SSSR count). The van der Waals surface area contributed by atoms with Gasteiger partial charge < -0.3 is 23.7 Å². The van der Waals surface area contributed by atoms with E-state index in [0.29, 0.717) is 35.2 Å². The van der Waals surface area contributed by atoms with E-state index in [0.717, 1.165) is 11.4 Å². The van der Waals surface area contributed by atoms with Crippen molar-refractivity contribution in [1.82, 2.24) is 5.01 Å². The number of rotatable bonds is 9. The second kappa shape index (κ2) is 10.2. The molecule has 1 saturated carbocycles. The second-order valence-corrected chi connectivity index (χ2v) is 9.18. The van der Waals surface area contributed by atoms with Crippen LogP contribution in [-0.4, -0.2) is 56.9 Å². The molecule has 0 radical (unpaired) electrons. The Morgan fingerprint density at radius 3 is 2.11 bits per heavy atom. The molecule has 2 aliphatic carbocycles. The van der Waals surface area contributed by atoms with Crippen LogP contribution in [0.2, 0.25) is 0 Å². The number of nitrogens with zero attached hydrogens (tertiary/aromatic N) is 2. The van der Waals surface area contributed by atoms with Gasteiger partial charge in [-0.15, -0.1) is 0 Å². The van der Waals surface area contributed by atoms with Crippen LogP contribution in [0.1, 0.15) is 29.3 Å². The Morgan fingerprint density at radius 1 is 0.921 bits per heavy atom. The minimum absolute atomic E-state index is 0.116. The fourth-order valence-electron chi connectivity index (χ4n) is 5.44. The Hall–Kier alpha value is -4.34. The fourth-order valence-corrected chi connectivity index (χ4v) is 5.44. The lowest BCUT2D eigenvalue weighted by atomic mass is 9.85. The molecule has 0 aromatic heterocycles. The maximum absolute atomic E-state index is 13.0. The van der Waals surface area contributed by atoms with Gasteiger partial charge in [0.25, 0.3) is 11.8 Å². The van der Waals surface area contributed by atoms with Crippen molar-refractivity contribution in [3.8, 4) is 28.7 Å². The molecule has 1 aliphatic heterocycles. The summed E-state index contributed by atoms with van der Waals surface area (Å²) in [5.41, 5.74) is 0.757. The first-order valence-electron chi connectivity index (χ1n) is 12.3. The number of methoxy groups -OCH3 is 3. The average Bonchev–Trinajstić information content (AvgIpc) is 3.61. The van der Waals surface area contributed by atoms with Crippen molar-refractivity contribution in [3.63, 3.8) is 0 Å². The van der Waals surface area contributed by atoms with Crippen molar-refractivity contribution in [2.24, 2.45) is 28.8 Å². The molecule has 38 heavy (non-hydrogen) atoms. The maximum Gasteiger partial charge on any atom is 0.343 e. The molecule has 3 aliphatic rings. The van der Waals surface area contributed by atoms with E-state index < -0.39 is 5.97 Å². The number of carbonyl (C=O) groups excluding carboxylic acids is 3. The molecule has 2 bridgehead atoms. The van der Waals surface area contributed by atoms with Crippen LogP contribution in [-0.2, 0) is 9.59 Å². The van der Waals surface area contributed by atoms with Crippen molar-refractivity contribution in [1.29, 1.82) is 0 Å². The van der Waals surface area contributed by atoms with Crippen LogP contribution in [0.5, 0.6) is 28.7 Å². The van der Waals surface area contributed by atoms with Crippen molar-refractivity contribution in [2.75, 3.05) is 27.9 Å². The van der Waals surface area contributed by atoms with Crippen LogP contribution in [0.25, 0.3) is 0 Å². The van der Waals surface area contributed by atoms with Gasteiger partial charge >= 0.3 is 5.97 Å². The van der Waals surface area contributed by atoms with E-state index in [2.05, 4.69) is 5.10 Å². The minimum Gasteiger partial charge on any atom is -0.493 e. The fraction of sp³-hybridized carbons (Fsp3) is 0.357. The highest BCUT2D eigenvalue weighted by molar-refractivity contribution is 6.06. The number of hydrazone groups is 1. The van der Waals surface area contributed by atoms with E-state index in [1.165, 1.54) is 39.7 Å². The normalized spacial score (nSPS) is 23.2. The summed E-state index contributed by atoms with van der Waals surface area (Å²) in [7, 11) is 4.38. The van der Waals surface area contributed by atoms with Gasteiger partial charge in [0.2, 0.25) is 5.75 Å².